The summed E-state index contributed by atoms with van der Waals surface area (Å²) in [5.74, 6) is 0. The Morgan fingerprint density at radius 2 is 1.85 bits per heavy atom. The smallest absolute Gasteiger partial charge is 0.265 e. The molecule has 0 aliphatic heterocycles. The van der Waals surface area contributed by atoms with Crippen LogP contribution in [-0.2, 0) is 0 Å². The molecule has 1 aromatic carbocycles. The first-order chi connectivity index (χ1) is 9.40. The normalized spacial score (nSPS) is 11.2. The van der Waals surface area contributed by atoms with Crippen LogP contribution in [0.4, 0.5) is 0 Å². The van der Waals surface area contributed by atoms with Gasteiger partial charge in [-0.2, -0.15) is 14.9 Å². The van der Waals surface area contributed by atoms with Crippen molar-refractivity contribution >= 4 is 18.4 Å². The van der Waals surface area contributed by atoms with Gasteiger partial charge in [-0.15, -0.1) is 0 Å². The van der Waals surface area contributed by atoms with E-state index < -0.39 is 0 Å². The molecule has 1 aromatic heterocycles. The van der Waals surface area contributed by atoms with Crippen LogP contribution in [0.5, 0.6) is 0 Å². The number of H-pyrrole nitrogens is 1. The number of hydrogen-bond acceptors (Lipinski definition) is 4. The second-order valence-corrected chi connectivity index (χ2v) is 5.17. The van der Waals surface area contributed by atoms with Gasteiger partial charge in [0, 0.05) is 5.56 Å². The highest BCUT2D eigenvalue weighted by atomic mass is 32.1. The van der Waals surface area contributed by atoms with Crippen LogP contribution in [0.1, 0.15) is 27.9 Å². The first-order valence-electron chi connectivity index (χ1n) is 6.20. The Hall–Kier alpha value is -2.08. The molecule has 2 aromatic rings. The average Bonchev–Trinajstić information content (AvgIpc) is 2.36. The van der Waals surface area contributed by atoms with Gasteiger partial charge in [0.15, 0.2) is 0 Å². The maximum absolute atomic E-state index is 11.9. The highest BCUT2D eigenvalue weighted by molar-refractivity contribution is 7.71. The first kappa shape index (κ1) is 14.3. The summed E-state index contributed by atoms with van der Waals surface area (Å²) in [5, 5.41) is 10.6. The summed E-state index contributed by atoms with van der Waals surface area (Å²) in [6, 6.07) is 4.16. The molecule has 0 spiro atoms. The standard InChI is InChI=1S/C14H16N4OS/c1-8-5-9(2)12(10(3)6-8)7-15-18-13(19)11(4)16-17-14(18)20/h5-7H,1-4H3,(H,17,20). The van der Waals surface area contributed by atoms with E-state index in [1.165, 1.54) is 5.56 Å². The number of rotatable bonds is 2. The van der Waals surface area contributed by atoms with Gasteiger partial charge in [-0.25, -0.2) is 0 Å². The second kappa shape index (κ2) is 5.50. The van der Waals surface area contributed by atoms with Crippen LogP contribution in [0.2, 0.25) is 0 Å². The quantitative estimate of drug-likeness (QED) is 0.682. The van der Waals surface area contributed by atoms with E-state index in [9.17, 15) is 4.79 Å². The Kier molecular flexibility index (Phi) is 3.94. The first-order valence-corrected chi connectivity index (χ1v) is 6.61. The average molecular weight is 288 g/mol. The Labute approximate surface area is 122 Å². The van der Waals surface area contributed by atoms with Gasteiger partial charge >= 0.3 is 0 Å². The third-order valence-corrected chi connectivity index (χ3v) is 3.32. The van der Waals surface area contributed by atoms with Gasteiger partial charge in [0.05, 0.1) is 6.21 Å². The van der Waals surface area contributed by atoms with Crippen LogP contribution >= 0.6 is 12.2 Å². The maximum atomic E-state index is 11.9. The molecule has 0 aliphatic rings. The summed E-state index contributed by atoms with van der Waals surface area (Å²) >= 11 is 5.03. The molecular weight excluding hydrogens is 272 g/mol. The van der Waals surface area contributed by atoms with E-state index in [1.807, 2.05) is 20.8 Å². The summed E-state index contributed by atoms with van der Waals surface area (Å²) in [4.78, 5) is 11.9. The van der Waals surface area contributed by atoms with Crippen LogP contribution < -0.4 is 5.56 Å². The van der Waals surface area contributed by atoms with E-state index in [4.69, 9.17) is 12.2 Å². The van der Waals surface area contributed by atoms with E-state index in [0.29, 0.717) is 5.69 Å². The highest BCUT2D eigenvalue weighted by Gasteiger charge is 2.03. The molecule has 0 atom stereocenters. The molecule has 104 valence electrons. The Morgan fingerprint density at radius 1 is 1.25 bits per heavy atom. The van der Waals surface area contributed by atoms with Gasteiger partial charge in [-0.05, 0) is 51.0 Å². The number of benzene rings is 1. The minimum absolute atomic E-state index is 0.180. The van der Waals surface area contributed by atoms with Crippen molar-refractivity contribution < 1.29 is 0 Å². The molecule has 0 bridgehead atoms. The summed E-state index contributed by atoms with van der Waals surface area (Å²) < 4.78 is 1.33. The van der Waals surface area contributed by atoms with Crippen molar-refractivity contribution in [2.24, 2.45) is 5.10 Å². The van der Waals surface area contributed by atoms with E-state index in [0.717, 1.165) is 21.4 Å². The molecule has 1 heterocycles. The fourth-order valence-electron chi connectivity index (χ4n) is 2.09. The topological polar surface area (TPSA) is 63.0 Å². The Balaban J connectivity index is 2.54. The predicted molar refractivity (Wildman–Crippen MR) is 82.1 cm³/mol. The summed E-state index contributed by atoms with van der Waals surface area (Å²) in [6.45, 7) is 7.70. The lowest BCUT2D eigenvalue weighted by atomic mass is 10.0. The predicted octanol–water partition coefficient (Wildman–Crippen LogP) is 2.42. The van der Waals surface area contributed by atoms with E-state index in [1.54, 1.807) is 13.1 Å². The zero-order valence-electron chi connectivity index (χ0n) is 11.9. The van der Waals surface area contributed by atoms with Crippen LogP contribution in [0, 0.1) is 32.5 Å². The number of nitrogens with zero attached hydrogens (tertiary/aromatic N) is 3. The molecule has 6 heteroatoms. The molecule has 20 heavy (non-hydrogen) atoms. The molecule has 0 aliphatic carbocycles. The van der Waals surface area contributed by atoms with Gasteiger partial charge in [-0.3, -0.25) is 9.89 Å². The minimum atomic E-state index is -0.313. The summed E-state index contributed by atoms with van der Waals surface area (Å²) in [5.41, 5.74) is 4.43. The molecule has 0 unspecified atom stereocenters. The number of nitrogens with one attached hydrogen (secondary N) is 1. The van der Waals surface area contributed by atoms with Crippen molar-refractivity contribution in [1.29, 1.82) is 0 Å². The molecule has 0 amide bonds. The molecule has 5 nitrogen and oxygen atoms in total. The molecule has 0 saturated heterocycles. The van der Waals surface area contributed by atoms with Gasteiger partial charge in [0.25, 0.3) is 5.56 Å². The van der Waals surface area contributed by atoms with Crippen molar-refractivity contribution in [2.45, 2.75) is 27.7 Å². The zero-order valence-corrected chi connectivity index (χ0v) is 12.7. The fraction of sp³-hybridized carbons (Fsp3) is 0.286. The maximum Gasteiger partial charge on any atom is 0.296 e. The van der Waals surface area contributed by atoms with Crippen molar-refractivity contribution in [3.05, 3.63) is 55.2 Å². The Morgan fingerprint density at radius 3 is 2.45 bits per heavy atom. The lowest BCUT2D eigenvalue weighted by molar-refractivity contribution is 0.720. The molecule has 0 saturated carbocycles. The van der Waals surface area contributed by atoms with Gasteiger partial charge in [0.2, 0.25) is 4.77 Å². The molecule has 1 N–H and O–H groups in total. The molecule has 0 fully saturated rings. The molecule has 2 rings (SSSR count). The second-order valence-electron chi connectivity index (χ2n) is 4.79. The van der Waals surface area contributed by atoms with Crippen molar-refractivity contribution in [2.75, 3.05) is 0 Å². The van der Waals surface area contributed by atoms with Crippen molar-refractivity contribution in [1.82, 2.24) is 14.9 Å². The largest absolute Gasteiger partial charge is 0.296 e. The van der Waals surface area contributed by atoms with Gasteiger partial charge in [-0.1, -0.05) is 17.7 Å². The number of hydrogen-bond donors (Lipinski definition) is 1. The zero-order chi connectivity index (χ0) is 14.9. The SMILES string of the molecule is Cc1cc(C)c(C=Nn2c(=S)[nH]nc(C)c2=O)c(C)c1. The third-order valence-electron chi connectivity index (χ3n) is 3.05. The van der Waals surface area contributed by atoms with Crippen LogP contribution in [-0.4, -0.2) is 21.1 Å². The number of aromatic amines is 1. The third kappa shape index (κ3) is 2.75. The van der Waals surface area contributed by atoms with Gasteiger partial charge < -0.3 is 0 Å². The number of aromatic nitrogens is 3. The highest BCUT2D eigenvalue weighted by Crippen LogP contribution is 2.14. The summed E-state index contributed by atoms with van der Waals surface area (Å²) in [7, 11) is 0. The van der Waals surface area contributed by atoms with E-state index in [-0.39, 0.29) is 10.3 Å². The fourth-order valence-corrected chi connectivity index (χ4v) is 2.26. The molecule has 0 radical (unpaired) electrons. The Bertz CT molecular complexity index is 779. The van der Waals surface area contributed by atoms with E-state index >= 15 is 0 Å². The lowest BCUT2D eigenvalue weighted by Crippen LogP contribution is -2.22. The summed E-state index contributed by atoms with van der Waals surface area (Å²) in [6.07, 6.45) is 1.66. The van der Waals surface area contributed by atoms with Crippen LogP contribution in [0.25, 0.3) is 0 Å². The van der Waals surface area contributed by atoms with Crippen LogP contribution in [0.3, 0.4) is 0 Å². The van der Waals surface area contributed by atoms with E-state index in [2.05, 4.69) is 27.4 Å². The van der Waals surface area contributed by atoms with Gasteiger partial charge in [0.1, 0.15) is 5.69 Å². The van der Waals surface area contributed by atoms with Crippen molar-refractivity contribution in [3.8, 4) is 0 Å². The minimum Gasteiger partial charge on any atom is -0.265 e. The molecular formula is C14H16N4OS. The number of aryl methyl sites for hydroxylation is 4. The van der Waals surface area contributed by atoms with Crippen molar-refractivity contribution in [3.63, 3.8) is 0 Å². The monoisotopic (exact) mass is 288 g/mol. The van der Waals surface area contributed by atoms with Crippen LogP contribution in [0.15, 0.2) is 22.0 Å². The lowest BCUT2D eigenvalue weighted by Gasteiger charge is -2.06.